The fourth-order valence-electron chi connectivity index (χ4n) is 4.04. The zero-order chi connectivity index (χ0) is 24.9. The maximum absolute atomic E-state index is 13.9. The Hall–Kier alpha value is -2.50. The van der Waals surface area contributed by atoms with Gasteiger partial charge < -0.3 is 15.2 Å². The molecule has 11 heteroatoms. The number of nitrogens with one attached hydrogen (secondary N) is 2. The number of ether oxygens (including phenoxy) is 1. The second-order valence-electron chi connectivity index (χ2n) is 10.1. The molecule has 0 spiro atoms. The maximum Gasteiger partial charge on any atom is 0.420 e. The van der Waals surface area contributed by atoms with Crippen LogP contribution in [0.2, 0.25) is 0 Å². The number of urea groups is 1. The zero-order valence-electron chi connectivity index (χ0n) is 20.0. The summed E-state index contributed by atoms with van der Waals surface area (Å²) in [7, 11) is -3.78. The van der Waals surface area contributed by atoms with Gasteiger partial charge in [-0.3, -0.25) is 0 Å². The molecule has 2 aliphatic carbocycles. The second-order valence-corrected chi connectivity index (χ2v) is 13.2. The molecule has 3 N–H and O–H groups in total. The standard InChI is InChI=1S/C23H30N4O5S2/c1-22(2,3)32-21(29)27-34(31,17-12-24-19(33-17)23(4,5)30)26-20(28)25-18-15-8-6-7-13(15)11-14-9-10-16(14)18/h11-12,30H,6-10H2,1-5H3,(H2,25,26,27,28,29,31)/t34-/m0/s1. The topological polar surface area (TPSA) is 130 Å². The number of aryl methyl sites for hydroxylation is 2. The van der Waals surface area contributed by atoms with Crippen LogP contribution in [-0.4, -0.2) is 32.0 Å². The van der Waals surface area contributed by atoms with Gasteiger partial charge in [-0.1, -0.05) is 6.07 Å². The monoisotopic (exact) mass is 506 g/mol. The average molecular weight is 507 g/mol. The lowest BCUT2D eigenvalue weighted by atomic mass is 9.83. The van der Waals surface area contributed by atoms with Gasteiger partial charge in [0.05, 0.1) is 6.20 Å². The number of thiazole rings is 1. The smallest absolute Gasteiger partial charge is 0.420 e. The van der Waals surface area contributed by atoms with Crippen molar-refractivity contribution >= 4 is 39.1 Å². The highest BCUT2D eigenvalue weighted by Crippen LogP contribution is 2.40. The van der Waals surface area contributed by atoms with E-state index in [1.807, 2.05) is 0 Å². The van der Waals surface area contributed by atoms with Gasteiger partial charge >= 0.3 is 12.1 Å². The van der Waals surface area contributed by atoms with E-state index in [1.54, 1.807) is 20.8 Å². The Kier molecular flexibility index (Phi) is 6.24. The molecule has 2 aliphatic rings. The van der Waals surface area contributed by atoms with E-state index in [-0.39, 0.29) is 9.22 Å². The molecule has 1 heterocycles. The SMILES string of the molecule is CC(C)(C)OC(=O)N[S@@](=O)(=NC(=O)Nc1c2c(cc3c1CC3)CCC2)c1cnc(C(C)(C)O)s1. The molecular weight excluding hydrogens is 476 g/mol. The van der Waals surface area contributed by atoms with E-state index in [1.165, 1.54) is 31.2 Å². The summed E-state index contributed by atoms with van der Waals surface area (Å²) in [4.78, 5) is 29.6. The van der Waals surface area contributed by atoms with Crippen LogP contribution in [0.1, 0.15) is 68.3 Å². The number of carbonyl (C=O) groups excluding carboxylic acids is 2. The Balaban J connectivity index is 1.70. The van der Waals surface area contributed by atoms with Gasteiger partial charge in [-0.15, -0.1) is 15.7 Å². The second kappa shape index (κ2) is 8.62. The number of aliphatic hydroxyl groups is 1. The summed E-state index contributed by atoms with van der Waals surface area (Å²) < 4.78 is 25.3. The van der Waals surface area contributed by atoms with E-state index < -0.39 is 33.2 Å². The highest BCUT2D eigenvalue weighted by atomic mass is 32.2. The van der Waals surface area contributed by atoms with Crippen molar-refractivity contribution in [2.24, 2.45) is 4.36 Å². The number of hydrogen-bond acceptors (Lipinski definition) is 7. The van der Waals surface area contributed by atoms with Crippen molar-refractivity contribution in [2.75, 3.05) is 5.32 Å². The first-order chi connectivity index (χ1) is 15.7. The average Bonchev–Trinajstić information content (AvgIpc) is 3.31. The van der Waals surface area contributed by atoms with Crippen molar-refractivity contribution < 1.29 is 23.6 Å². The van der Waals surface area contributed by atoms with Gasteiger partial charge in [-0.05, 0) is 89.0 Å². The summed E-state index contributed by atoms with van der Waals surface area (Å²) in [5.74, 6) is 0. The van der Waals surface area contributed by atoms with Crippen LogP contribution in [-0.2, 0) is 45.9 Å². The van der Waals surface area contributed by atoms with Gasteiger partial charge in [0.25, 0.3) is 0 Å². The van der Waals surface area contributed by atoms with Crippen LogP contribution in [0.5, 0.6) is 0 Å². The van der Waals surface area contributed by atoms with E-state index >= 15 is 0 Å². The van der Waals surface area contributed by atoms with Crippen molar-refractivity contribution in [3.8, 4) is 0 Å². The van der Waals surface area contributed by atoms with Gasteiger partial charge in [0.1, 0.15) is 20.4 Å². The van der Waals surface area contributed by atoms with Crippen molar-refractivity contribution in [3.63, 3.8) is 0 Å². The molecule has 0 aliphatic heterocycles. The fraction of sp³-hybridized carbons (Fsp3) is 0.522. The summed E-state index contributed by atoms with van der Waals surface area (Å²) in [6.07, 6.45) is 4.98. The summed E-state index contributed by atoms with van der Waals surface area (Å²) in [5, 5.41) is 13.4. The number of carbonyl (C=O) groups is 2. The van der Waals surface area contributed by atoms with Crippen LogP contribution in [0.25, 0.3) is 0 Å². The summed E-state index contributed by atoms with van der Waals surface area (Å²) in [6.45, 7) is 8.09. The lowest BCUT2D eigenvalue weighted by Gasteiger charge is -2.25. The van der Waals surface area contributed by atoms with Gasteiger partial charge in [0, 0.05) is 5.69 Å². The normalized spacial score (nSPS) is 16.5. The van der Waals surface area contributed by atoms with Gasteiger partial charge in [-0.2, -0.15) is 0 Å². The Morgan fingerprint density at radius 2 is 1.79 bits per heavy atom. The molecule has 0 saturated carbocycles. The summed E-state index contributed by atoms with van der Waals surface area (Å²) in [5.41, 5.74) is 3.29. The molecule has 0 saturated heterocycles. The predicted octanol–water partition coefficient (Wildman–Crippen LogP) is 4.46. The molecule has 2 aromatic rings. The summed E-state index contributed by atoms with van der Waals surface area (Å²) >= 11 is 0.911. The minimum atomic E-state index is -3.78. The number of benzene rings is 1. The molecule has 4 rings (SSSR count). The first kappa shape index (κ1) is 24.6. The van der Waals surface area contributed by atoms with E-state index in [0.717, 1.165) is 60.3 Å². The van der Waals surface area contributed by atoms with E-state index in [0.29, 0.717) is 0 Å². The lowest BCUT2D eigenvalue weighted by Crippen LogP contribution is -2.36. The zero-order valence-corrected chi connectivity index (χ0v) is 21.6. The molecule has 184 valence electrons. The van der Waals surface area contributed by atoms with Gasteiger partial charge in [0.2, 0.25) is 0 Å². The minimum absolute atomic E-state index is 0.0388. The molecule has 1 atom stereocenters. The molecule has 1 aromatic heterocycles. The highest BCUT2D eigenvalue weighted by Gasteiger charge is 2.30. The molecule has 0 radical (unpaired) electrons. The number of fused-ring (bicyclic) bond motifs is 2. The van der Waals surface area contributed by atoms with Crippen molar-refractivity contribution in [2.45, 2.75) is 82.1 Å². The van der Waals surface area contributed by atoms with E-state index in [9.17, 15) is 18.9 Å². The Morgan fingerprint density at radius 3 is 2.38 bits per heavy atom. The third kappa shape index (κ3) is 5.11. The maximum atomic E-state index is 13.9. The number of amides is 3. The summed E-state index contributed by atoms with van der Waals surface area (Å²) in [6, 6.07) is 1.39. The molecule has 0 bridgehead atoms. The molecule has 1 aromatic carbocycles. The third-order valence-corrected chi connectivity index (χ3v) is 9.14. The first-order valence-corrected chi connectivity index (χ1v) is 13.5. The third-order valence-electron chi connectivity index (χ3n) is 5.59. The van der Waals surface area contributed by atoms with E-state index in [2.05, 4.69) is 25.5 Å². The van der Waals surface area contributed by atoms with Crippen LogP contribution in [0.15, 0.2) is 20.8 Å². The van der Waals surface area contributed by atoms with Crippen LogP contribution < -0.4 is 10.0 Å². The lowest BCUT2D eigenvalue weighted by molar-refractivity contribution is 0.0571. The molecule has 9 nitrogen and oxygen atoms in total. The van der Waals surface area contributed by atoms with Crippen LogP contribution in [0.4, 0.5) is 15.3 Å². The quantitative estimate of drug-likeness (QED) is 0.561. The van der Waals surface area contributed by atoms with Crippen LogP contribution >= 0.6 is 11.3 Å². The van der Waals surface area contributed by atoms with Crippen molar-refractivity contribution in [3.05, 3.63) is 39.5 Å². The number of rotatable bonds is 4. The molecule has 0 unspecified atom stereocenters. The fourth-order valence-corrected chi connectivity index (χ4v) is 6.60. The van der Waals surface area contributed by atoms with Crippen molar-refractivity contribution in [1.82, 2.24) is 9.71 Å². The van der Waals surface area contributed by atoms with Crippen LogP contribution in [0, 0.1) is 0 Å². The minimum Gasteiger partial charge on any atom is -0.443 e. The van der Waals surface area contributed by atoms with Crippen LogP contribution in [0.3, 0.4) is 0 Å². The molecule has 0 fully saturated rings. The van der Waals surface area contributed by atoms with E-state index in [4.69, 9.17) is 4.74 Å². The molecular formula is C23H30N4O5S2. The highest BCUT2D eigenvalue weighted by molar-refractivity contribution is 7.94. The van der Waals surface area contributed by atoms with Crippen molar-refractivity contribution in [1.29, 1.82) is 0 Å². The number of nitrogens with zero attached hydrogens (tertiary/aromatic N) is 2. The Bertz CT molecular complexity index is 1280. The number of hydrogen-bond donors (Lipinski definition) is 3. The Labute approximate surface area is 203 Å². The van der Waals surface area contributed by atoms with Gasteiger partial charge in [0.15, 0.2) is 9.92 Å². The predicted molar refractivity (Wildman–Crippen MR) is 130 cm³/mol. The number of aromatic nitrogens is 1. The number of anilines is 1. The molecule has 34 heavy (non-hydrogen) atoms. The van der Waals surface area contributed by atoms with Gasteiger partial charge in [-0.25, -0.2) is 23.5 Å². The largest absolute Gasteiger partial charge is 0.443 e. The molecule has 3 amide bonds. The Morgan fingerprint density at radius 1 is 1.12 bits per heavy atom. The first-order valence-electron chi connectivity index (χ1n) is 11.2.